The van der Waals surface area contributed by atoms with E-state index in [0.717, 1.165) is 28.6 Å². The number of carbonyl (C=O) groups is 3. The van der Waals surface area contributed by atoms with Crippen LogP contribution in [0, 0.1) is 0 Å². The molecule has 2 aliphatic rings. The standard InChI is InChI=1S/C29H27N11O5/c30-21-23(25(42)24(21)41)40-8-7-15-2-1-14(9-18(15)12-40)11-32-28(44)19-10-20(34-13-33-19)29(45)35-22(26(31)43)16-3-5-17(6-4-16)27-36-38-39-37-27/h1-6,9-10,13,22,38-39H,7-8,11-12,30H2,(H2,31,43)(H,32,44)(H,35,45)(H,36,37)/p+1/t22-/m1/s1. The van der Waals surface area contributed by atoms with Crippen LogP contribution in [0.25, 0.3) is 0 Å². The second-order valence-electron chi connectivity index (χ2n) is 10.5. The lowest BCUT2D eigenvalue weighted by Gasteiger charge is -2.32. The van der Waals surface area contributed by atoms with Gasteiger partial charge in [-0.05, 0) is 33.8 Å². The normalized spacial score (nSPS) is 14.7. The van der Waals surface area contributed by atoms with Gasteiger partial charge in [0.2, 0.25) is 11.7 Å². The molecule has 6 rings (SSSR count). The number of hydrazine groups is 1. The van der Waals surface area contributed by atoms with Gasteiger partial charge in [-0.2, -0.15) is 0 Å². The molecule has 10 N–H and O–H groups in total. The molecule has 16 heteroatoms. The average molecular weight is 611 g/mol. The molecule has 1 atom stereocenters. The predicted octanol–water partition coefficient (Wildman–Crippen LogP) is -2.65. The number of rotatable bonds is 9. The molecule has 4 aromatic rings. The molecule has 45 heavy (non-hydrogen) atoms. The molecule has 1 aromatic heterocycles. The lowest BCUT2D eigenvalue weighted by atomic mass is 9.96. The number of primary amides is 1. The molecule has 0 spiro atoms. The minimum Gasteiger partial charge on any atom is -0.394 e. The monoisotopic (exact) mass is 610 g/mol. The van der Waals surface area contributed by atoms with E-state index < -0.39 is 34.6 Å². The van der Waals surface area contributed by atoms with E-state index in [-0.39, 0.29) is 29.3 Å². The van der Waals surface area contributed by atoms with Crippen molar-refractivity contribution in [1.82, 2.24) is 31.6 Å². The first-order chi connectivity index (χ1) is 21.7. The van der Waals surface area contributed by atoms with Crippen molar-refractivity contribution in [3.63, 3.8) is 0 Å². The molecule has 0 aliphatic carbocycles. The molecular formula is C29H28N11O5+. The Morgan fingerprint density at radius 3 is 2.42 bits per heavy atom. The number of hydrogen-bond donors (Lipinski definition) is 7. The lowest BCUT2D eigenvalue weighted by molar-refractivity contribution is -0.713. The molecular weight excluding hydrogens is 582 g/mol. The zero-order valence-electron chi connectivity index (χ0n) is 23.7. The molecule has 16 nitrogen and oxygen atoms in total. The summed E-state index contributed by atoms with van der Waals surface area (Å²) in [5.74, 6) is -1.45. The van der Waals surface area contributed by atoms with E-state index in [1.54, 1.807) is 29.2 Å². The lowest BCUT2D eigenvalue weighted by Crippen LogP contribution is -2.87. The fourth-order valence-corrected chi connectivity index (χ4v) is 5.23. The Balaban J connectivity index is 1.09. The van der Waals surface area contributed by atoms with Crippen LogP contribution in [0.4, 0.5) is 11.4 Å². The molecule has 228 valence electrons. The molecule has 0 unspecified atom stereocenters. The number of hydrogen-bond acceptors (Lipinski definition) is 12. The van der Waals surface area contributed by atoms with Gasteiger partial charge >= 0.3 is 0 Å². The van der Waals surface area contributed by atoms with E-state index >= 15 is 0 Å². The summed E-state index contributed by atoms with van der Waals surface area (Å²) in [6.45, 7) is 1.14. The number of aromatic nitrogens is 2. The average Bonchev–Trinajstić information content (AvgIpc) is 3.61. The number of anilines is 2. The highest BCUT2D eigenvalue weighted by atomic mass is 16.2. The van der Waals surface area contributed by atoms with Crippen LogP contribution in [0.5, 0.6) is 0 Å². The van der Waals surface area contributed by atoms with E-state index in [9.17, 15) is 24.0 Å². The van der Waals surface area contributed by atoms with Crippen molar-refractivity contribution in [2.45, 2.75) is 25.6 Å². The maximum Gasteiger partial charge on any atom is 0.270 e. The van der Waals surface area contributed by atoms with Crippen LogP contribution in [-0.2, 0) is 24.3 Å². The Labute approximate surface area is 254 Å². The summed E-state index contributed by atoms with van der Waals surface area (Å²) in [5, 5.41) is 9.47. The summed E-state index contributed by atoms with van der Waals surface area (Å²) >= 11 is 0. The summed E-state index contributed by atoms with van der Waals surface area (Å²) in [5.41, 5.74) is 21.4. The Morgan fingerprint density at radius 2 is 1.73 bits per heavy atom. The number of nitrogens with two attached hydrogens (primary N) is 3. The van der Waals surface area contributed by atoms with E-state index in [2.05, 4.69) is 36.7 Å². The van der Waals surface area contributed by atoms with Gasteiger partial charge in [-0.25, -0.2) is 9.97 Å². The first-order valence-electron chi connectivity index (χ1n) is 13.9. The van der Waals surface area contributed by atoms with Crippen molar-refractivity contribution in [3.8, 4) is 0 Å². The summed E-state index contributed by atoms with van der Waals surface area (Å²) in [7, 11) is 0. The van der Waals surface area contributed by atoms with Crippen LogP contribution in [0.2, 0.25) is 0 Å². The highest BCUT2D eigenvalue weighted by Crippen LogP contribution is 2.26. The summed E-state index contributed by atoms with van der Waals surface area (Å²) < 4.78 is 0. The van der Waals surface area contributed by atoms with Crippen LogP contribution in [0.1, 0.15) is 54.8 Å². The number of nitrogens with one attached hydrogen (secondary N) is 4. The molecule has 2 aliphatic heterocycles. The number of quaternary nitrogens is 1. The molecule has 3 heterocycles. The van der Waals surface area contributed by atoms with Crippen LogP contribution in [-0.4, -0.2) is 40.1 Å². The van der Waals surface area contributed by atoms with Crippen molar-refractivity contribution in [2.75, 3.05) is 17.2 Å². The van der Waals surface area contributed by atoms with Gasteiger partial charge in [0, 0.05) is 31.3 Å². The number of amides is 3. The zero-order chi connectivity index (χ0) is 31.7. The van der Waals surface area contributed by atoms with Crippen LogP contribution in [0.3, 0.4) is 0 Å². The molecule has 0 radical (unpaired) electrons. The maximum atomic E-state index is 13.0. The van der Waals surface area contributed by atoms with Gasteiger partial charge in [-0.3, -0.25) is 29.4 Å². The molecule has 0 saturated carbocycles. The minimum absolute atomic E-state index is 0.00586. The van der Waals surface area contributed by atoms with Crippen molar-refractivity contribution in [1.29, 1.82) is 0 Å². The van der Waals surface area contributed by atoms with Crippen LogP contribution < -0.4 is 54.4 Å². The summed E-state index contributed by atoms with van der Waals surface area (Å²) in [6.07, 6.45) is 1.76. The molecule has 0 bridgehead atoms. The highest BCUT2D eigenvalue weighted by molar-refractivity contribution is 6.00. The quantitative estimate of drug-likeness (QED) is 0.0762. The third kappa shape index (κ3) is 5.82. The van der Waals surface area contributed by atoms with Gasteiger partial charge in [0.1, 0.15) is 35.1 Å². The smallest absolute Gasteiger partial charge is 0.270 e. The number of benzene rings is 2. The first-order valence-corrected chi connectivity index (χ1v) is 13.9. The molecule has 3 amide bonds. The van der Waals surface area contributed by atoms with Crippen LogP contribution in [0.15, 0.2) is 69.5 Å². The third-order valence-corrected chi connectivity index (χ3v) is 7.63. The molecule has 0 fully saturated rings. The zero-order valence-corrected chi connectivity index (χ0v) is 23.7. The van der Waals surface area contributed by atoms with Gasteiger partial charge in [-0.15, -0.1) is 5.53 Å². The van der Waals surface area contributed by atoms with Gasteiger partial charge in [-0.1, -0.05) is 48.0 Å². The maximum absolute atomic E-state index is 13.0. The number of amidine groups is 1. The topological polar surface area (TPSA) is 244 Å². The second-order valence-corrected chi connectivity index (χ2v) is 10.5. The van der Waals surface area contributed by atoms with E-state index in [4.69, 9.17) is 11.5 Å². The van der Waals surface area contributed by atoms with Gasteiger partial charge in [0.05, 0.1) is 0 Å². The molecule has 0 saturated heterocycles. The van der Waals surface area contributed by atoms with Crippen LogP contribution >= 0.6 is 0 Å². The van der Waals surface area contributed by atoms with Gasteiger partial charge in [0.25, 0.3) is 22.7 Å². The number of fused-ring (bicyclic) bond motifs is 1. The number of nitrogen functional groups attached to an aromatic ring is 1. The van der Waals surface area contributed by atoms with E-state index in [1.165, 1.54) is 11.6 Å². The third-order valence-electron chi connectivity index (χ3n) is 7.63. The summed E-state index contributed by atoms with van der Waals surface area (Å²) in [6, 6.07) is 12.6. The van der Waals surface area contributed by atoms with Crippen molar-refractivity contribution in [2.24, 2.45) is 10.8 Å². The summed E-state index contributed by atoms with van der Waals surface area (Å²) in [4.78, 5) is 71.5. The Morgan fingerprint density at radius 1 is 0.978 bits per heavy atom. The number of carbonyl (C=O) groups excluding carboxylic acids is 3. The predicted molar refractivity (Wildman–Crippen MR) is 161 cm³/mol. The second kappa shape index (κ2) is 11.9. The highest BCUT2D eigenvalue weighted by Gasteiger charge is 2.27. The minimum atomic E-state index is -1.16. The Hall–Kier alpha value is -6.00. The largest absolute Gasteiger partial charge is 0.394 e. The Bertz CT molecular complexity index is 1930. The fourth-order valence-electron chi connectivity index (χ4n) is 5.23. The van der Waals surface area contributed by atoms with Crippen molar-refractivity contribution < 1.29 is 19.9 Å². The van der Waals surface area contributed by atoms with E-state index in [0.29, 0.717) is 30.9 Å². The Kier molecular flexibility index (Phi) is 7.72. The van der Waals surface area contributed by atoms with Crippen molar-refractivity contribution in [3.05, 3.63) is 115 Å². The first kappa shape index (κ1) is 29.1. The number of nitrogens with zero attached hydrogens (tertiary/aromatic N) is 4. The van der Waals surface area contributed by atoms with Gasteiger partial charge < -0.3 is 27.0 Å². The van der Waals surface area contributed by atoms with Crippen molar-refractivity contribution >= 4 is 34.9 Å². The fraction of sp³-hybridized carbons (Fsp3) is 0.172. The molecule has 3 aromatic carbocycles. The SMILES string of the molecule is NC(=O)[C@H](NC(=O)c1cc(C(=O)NCc2ccc3c(c2)CN(c2c(N)c(=O)c2=O)CC3)ncn1)c1ccc(C2=N[NH2+]NN2)cc1. The van der Waals surface area contributed by atoms with Gasteiger partial charge in [0.15, 0.2) is 0 Å². The van der Waals surface area contributed by atoms with E-state index in [1.807, 2.05) is 18.2 Å².